The maximum absolute atomic E-state index is 13.3. The summed E-state index contributed by atoms with van der Waals surface area (Å²) in [5.41, 5.74) is 4.52. The number of hydrogen-bond donors (Lipinski definition) is 2. The Balaban J connectivity index is 0.00000289. The van der Waals surface area contributed by atoms with Crippen LogP contribution < -0.4 is 10.6 Å². The number of aryl methyl sites for hydroxylation is 1. The van der Waals surface area contributed by atoms with Crippen molar-refractivity contribution < 1.29 is 8.42 Å². The van der Waals surface area contributed by atoms with Crippen LogP contribution in [0.5, 0.6) is 0 Å². The summed E-state index contributed by atoms with van der Waals surface area (Å²) in [5.74, 6) is 0. The van der Waals surface area contributed by atoms with Crippen LogP contribution in [-0.4, -0.2) is 24.4 Å². The second-order valence-electron chi connectivity index (χ2n) is 7.19. The molecule has 0 saturated heterocycles. The lowest BCUT2D eigenvalue weighted by Crippen LogP contribution is -2.12. The van der Waals surface area contributed by atoms with Crippen LogP contribution in [0.3, 0.4) is 0 Å². The van der Waals surface area contributed by atoms with Gasteiger partial charge in [-0.3, -0.25) is 4.98 Å². The Morgan fingerprint density at radius 3 is 2.59 bits per heavy atom. The van der Waals surface area contributed by atoms with E-state index in [0.29, 0.717) is 12.1 Å². The van der Waals surface area contributed by atoms with E-state index in [1.165, 1.54) is 15.7 Å². The lowest BCUT2D eigenvalue weighted by Gasteiger charge is -2.13. The van der Waals surface area contributed by atoms with Gasteiger partial charge in [0.25, 0.3) is 10.0 Å². The van der Waals surface area contributed by atoms with Gasteiger partial charge in [0.2, 0.25) is 0 Å². The van der Waals surface area contributed by atoms with E-state index in [9.17, 15) is 8.42 Å². The van der Waals surface area contributed by atoms with Crippen LogP contribution in [0, 0.1) is 0 Å². The number of anilines is 2. The van der Waals surface area contributed by atoms with Crippen LogP contribution in [0.2, 0.25) is 0 Å². The first kappa shape index (κ1) is 24.3. The fourth-order valence-corrected chi connectivity index (χ4v) is 5.38. The van der Waals surface area contributed by atoms with E-state index >= 15 is 0 Å². The predicted octanol–water partition coefficient (Wildman–Crippen LogP) is 5.48. The van der Waals surface area contributed by atoms with Gasteiger partial charge in [0, 0.05) is 46.4 Å². The molecule has 2 aromatic heterocycles. The molecule has 168 valence electrons. The standard InChI is InChI=1S/C23H23BrN4O2S.ClH/c1-3-16-11-18(24)6-9-22(16)27-19-7-8-21-17(13-25-2)15-28(23(21)12-19)31(29,30)20-5-4-10-26-14-20;/h4-12,14-15,25,27H,3,13H2,1-2H3;1H. The Bertz CT molecular complexity index is 1340. The third kappa shape index (κ3) is 4.68. The molecular formula is C23H24BrClN4O2S. The third-order valence-electron chi connectivity index (χ3n) is 5.14. The normalized spacial score (nSPS) is 11.3. The Kier molecular flexibility index (Phi) is 7.61. The highest BCUT2D eigenvalue weighted by molar-refractivity contribution is 9.10. The van der Waals surface area contributed by atoms with Gasteiger partial charge in [0.1, 0.15) is 4.90 Å². The average molecular weight is 536 g/mol. The van der Waals surface area contributed by atoms with E-state index in [1.54, 1.807) is 24.5 Å². The summed E-state index contributed by atoms with van der Waals surface area (Å²) in [6, 6.07) is 15.1. The number of nitrogens with one attached hydrogen (secondary N) is 2. The van der Waals surface area contributed by atoms with Gasteiger partial charge >= 0.3 is 0 Å². The van der Waals surface area contributed by atoms with Gasteiger partial charge < -0.3 is 10.6 Å². The second-order valence-corrected chi connectivity index (χ2v) is 9.92. The molecule has 2 aromatic carbocycles. The minimum absolute atomic E-state index is 0. The molecule has 0 spiro atoms. The summed E-state index contributed by atoms with van der Waals surface area (Å²) in [4.78, 5) is 4.13. The molecule has 0 atom stereocenters. The zero-order valence-electron chi connectivity index (χ0n) is 17.7. The van der Waals surface area contributed by atoms with Crippen molar-refractivity contribution >= 4 is 60.6 Å². The molecular weight excluding hydrogens is 512 g/mol. The fourth-order valence-electron chi connectivity index (χ4n) is 3.62. The molecule has 0 aliphatic heterocycles. The summed E-state index contributed by atoms with van der Waals surface area (Å²) in [6.45, 7) is 2.66. The average Bonchev–Trinajstić information content (AvgIpc) is 3.14. The van der Waals surface area contributed by atoms with Crippen LogP contribution in [-0.2, 0) is 23.0 Å². The molecule has 2 N–H and O–H groups in total. The molecule has 4 rings (SSSR count). The number of fused-ring (bicyclic) bond motifs is 1. The van der Waals surface area contributed by atoms with E-state index in [0.717, 1.165) is 33.2 Å². The van der Waals surface area contributed by atoms with Gasteiger partial charge in [-0.25, -0.2) is 12.4 Å². The maximum Gasteiger partial charge on any atom is 0.269 e. The summed E-state index contributed by atoms with van der Waals surface area (Å²) >= 11 is 3.52. The van der Waals surface area contributed by atoms with E-state index in [-0.39, 0.29) is 17.3 Å². The lowest BCUT2D eigenvalue weighted by molar-refractivity contribution is 0.588. The van der Waals surface area contributed by atoms with Gasteiger partial charge in [-0.1, -0.05) is 28.9 Å². The monoisotopic (exact) mass is 534 g/mol. The quantitative estimate of drug-likeness (QED) is 0.328. The molecule has 32 heavy (non-hydrogen) atoms. The molecule has 9 heteroatoms. The lowest BCUT2D eigenvalue weighted by atomic mass is 10.1. The number of halogens is 2. The zero-order valence-corrected chi connectivity index (χ0v) is 20.9. The molecule has 0 fully saturated rings. The second kappa shape index (κ2) is 10.0. The van der Waals surface area contributed by atoms with Crippen LogP contribution in [0.15, 0.2) is 76.5 Å². The Morgan fingerprint density at radius 2 is 1.91 bits per heavy atom. The number of benzene rings is 2. The predicted molar refractivity (Wildman–Crippen MR) is 136 cm³/mol. The molecule has 6 nitrogen and oxygen atoms in total. The van der Waals surface area contributed by atoms with Crippen molar-refractivity contribution in [3.63, 3.8) is 0 Å². The van der Waals surface area contributed by atoms with Gasteiger partial charge in [0.05, 0.1) is 5.52 Å². The molecule has 0 aliphatic carbocycles. The SMILES string of the molecule is CCc1cc(Br)ccc1Nc1ccc2c(CNC)cn(S(=O)(=O)c3cccnc3)c2c1.Cl. The van der Waals surface area contributed by atoms with E-state index in [2.05, 4.69) is 44.5 Å². The molecule has 0 aliphatic rings. The summed E-state index contributed by atoms with van der Waals surface area (Å²) < 4.78 is 29.1. The zero-order chi connectivity index (χ0) is 22.0. The minimum Gasteiger partial charge on any atom is -0.355 e. The van der Waals surface area contributed by atoms with Crippen LogP contribution >= 0.6 is 28.3 Å². The molecule has 0 unspecified atom stereocenters. The molecule has 0 saturated carbocycles. The number of pyridine rings is 1. The van der Waals surface area contributed by atoms with Gasteiger partial charge in [-0.15, -0.1) is 12.4 Å². The Morgan fingerprint density at radius 1 is 1.09 bits per heavy atom. The van der Waals surface area contributed by atoms with Crippen molar-refractivity contribution in [1.82, 2.24) is 14.3 Å². The largest absolute Gasteiger partial charge is 0.355 e. The van der Waals surface area contributed by atoms with Crippen molar-refractivity contribution in [2.24, 2.45) is 0 Å². The Hall–Kier alpha value is -2.39. The molecule has 0 amide bonds. The highest BCUT2D eigenvalue weighted by Gasteiger charge is 2.21. The number of rotatable bonds is 7. The highest BCUT2D eigenvalue weighted by atomic mass is 79.9. The first-order chi connectivity index (χ1) is 14.9. The Labute approximate surface area is 202 Å². The minimum atomic E-state index is -3.78. The topological polar surface area (TPSA) is 76.0 Å². The first-order valence-electron chi connectivity index (χ1n) is 9.93. The maximum atomic E-state index is 13.3. The highest BCUT2D eigenvalue weighted by Crippen LogP contribution is 2.31. The summed E-state index contributed by atoms with van der Waals surface area (Å²) in [6.07, 6.45) is 5.49. The fraction of sp³-hybridized carbons (Fsp3) is 0.174. The van der Waals surface area contributed by atoms with E-state index in [4.69, 9.17) is 0 Å². The third-order valence-corrected chi connectivity index (χ3v) is 7.29. The number of nitrogens with zero attached hydrogens (tertiary/aromatic N) is 2. The van der Waals surface area contributed by atoms with Gasteiger partial charge in [-0.05, 0) is 67.1 Å². The van der Waals surface area contributed by atoms with Crippen LogP contribution in [0.1, 0.15) is 18.1 Å². The van der Waals surface area contributed by atoms with Crippen LogP contribution in [0.4, 0.5) is 11.4 Å². The smallest absolute Gasteiger partial charge is 0.269 e. The number of aromatic nitrogens is 2. The van der Waals surface area contributed by atoms with Crippen molar-refractivity contribution in [1.29, 1.82) is 0 Å². The molecule has 0 radical (unpaired) electrons. The number of hydrogen-bond acceptors (Lipinski definition) is 5. The summed E-state index contributed by atoms with van der Waals surface area (Å²) in [7, 11) is -1.94. The first-order valence-corrected chi connectivity index (χ1v) is 12.2. The molecule has 4 aromatic rings. The van der Waals surface area contributed by atoms with Crippen molar-refractivity contribution in [2.45, 2.75) is 24.8 Å². The van der Waals surface area contributed by atoms with Gasteiger partial charge in [-0.2, -0.15) is 0 Å². The summed E-state index contributed by atoms with van der Waals surface area (Å²) in [5, 5.41) is 7.45. The van der Waals surface area contributed by atoms with E-state index in [1.807, 2.05) is 37.4 Å². The molecule has 0 bridgehead atoms. The van der Waals surface area contributed by atoms with Crippen molar-refractivity contribution in [3.05, 3.63) is 82.7 Å². The van der Waals surface area contributed by atoms with E-state index < -0.39 is 10.0 Å². The van der Waals surface area contributed by atoms with Crippen LogP contribution in [0.25, 0.3) is 10.9 Å². The van der Waals surface area contributed by atoms with Crippen molar-refractivity contribution in [3.8, 4) is 0 Å². The van der Waals surface area contributed by atoms with Crippen molar-refractivity contribution in [2.75, 3.05) is 12.4 Å². The molecule has 2 heterocycles. The van der Waals surface area contributed by atoms with Gasteiger partial charge in [0.15, 0.2) is 0 Å².